The van der Waals surface area contributed by atoms with Crippen LogP contribution in [0, 0.1) is 5.92 Å². The van der Waals surface area contributed by atoms with Gasteiger partial charge < -0.3 is 9.73 Å². The maximum absolute atomic E-state index is 12.3. The lowest BCUT2D eigenvalue weighted by Gasteiger charge is -2.32. The van der Waals surface area contributed by atoms with E-state index >= 15 is 0 Å². The molecule has 1 atom stereocenters. The average molecular weight is 315 g/mol. The van der Waals surface area contributed by atoms with Crippen LogP contribution in [0.3, 0.4) is 0 Å². The molecule has 120 valence electrons. The lowest BCUT2D eigenvalue weighted by atomic mass is 10.00. The van der Waals surface area contributed by atoms with Crippen LogP contribution in [0.15, 0.2) is 23.0 Å². The van der Waals surface area contributed by atoms with Gasteiger partial charge in [-0.2, -0.15) is 17.4 Å². The fourth-order valence-corrected chi connectivity index (χ4v) is 3.86. The number of nitrogens with one attached hydrogen (secondary N) is 2. The van der Waals surface area contributed by atoms with Crippen molar-refractivity contribution in [3.63, 3.8) is 0 Å². The Kier molecular flexibility index (Phi) is 6.22. The van der Waals surface area contributed by atoms with E-state index in [1.165, 1.54) is 0 Å². The highest BCUT2D eigenvalue weighted by Crippen LogP contribution is 2.18. The number of rotatable bonds is 8. The second kappa shape index (κ2) is 7.93. The first-order chi connectivity index (χ1) is 10.1. The van der Waals surface area contributed by atoms with Crippen molar-refractivity contribution < 1.29 is 12.8 Å². The fourth-order valence-electron chi connectivity index (χ4n) is 2.55. The Morgan fingerprint density at radius 1 is 1.48 bits per heavy atom. The van der Waals surface area contributed by atoms with Crippen molar-refractivity contribution in [1.29, 1.82) is 0 Å². The summed E-state index contributed by atoms with van der Waals surface area (Å²) >= 11 is 0. The summed E-state index contributed by atoms with van der Waals surface area (Å²) in [4.78, 5) is 0. The van der Waals surface area contributed by atoms with E-state index in [9.17, 15) is 8.42 Å². The van der Waals surface area contributed by atoms with Crippen LogP contribution in [-0.2, 0) is 16.8 Å². The van der Waals surface area contributed by atoms with Crippen LogP contribution in [-0.4, -0.2) is 38.9 Å². The molecule has 1 aliphatic heterocycles. The number of piperidine rings is 1. The van der Waals surface area contributed by atoms with Gasteiger partial charge in [-0.15, -0.1) is 0 Å². The van der Waals surface area contributed by atoms with E-state index in [0.29, 0.717) is 19.0 Å². The van der Waals surface area contributed by atoms with E-state index in [1.807, 2.05) is 0 Å². The molecule has 2 N–H and O–H groups in total. The van der Waals surface area contributed by atoms with Crippen LogP contribution >= 0.6 is 0 Å². The molecule has 1 saturated heterocycles. The molecule has 0 aliphatic carbocycles. The van der Waals surface area contributed by atoms with E-state index in [-0.39, 0.29) is 6.54 Å². The van der Waals surface area contributed by atoms with E-state index in [2.05, 4.69) is 17.0 Å². The summed E-state index contributed by atoms with van der Waals surface area (Å²) in [5.74, 6) is 0.399. The van der Waals surface area contributed by atoms with Gasteiger partial charge in [-0.3, -0.25) is 0 Å². The minimum Gasteiger partial charge on any atom is -0.472 e. The normalized spacial score (nSPS) is 20.7. The van der Waals surface area contributed by atoms with Gasteiger partial charge in [0.25, 0.3) is 10.2 Å². The molecule has 0 amide bonds. The minimum absolute atomic E-state index is 0.272. The van der Waals surface area contributed by atoms with Gasteiger partial charge in [0, 0.05) is 25.2 Å². The van der Waals surface area contributed by atoms with Gasteiger partial charge in [0.2, 0.25) is 0 Å². The van der Waals surface area contributed by atoms with E-state index in [1.54, 1.807) is 22.9 Å². The quantitative estimate of drug-likeness (QED) is 0.710. The molecular weight excluding hydrogens is 290 g/mol. The van der Waals surface area contributed by atoms with Crippen LogP contribution in [0.1, 0.15) is 31.7 Å². The van der Waals surface area contributed by atoms with Gasteiger partial charge in [-0.05, 0) is 44.3 Å². The van der Waals surface area contributed by atoms with Gasteiger partial charge in [-0.1, -0.05) is 6.92 Å². The van der Waals surface area contributed by atoms with Crippen molar-refractivity contribution in [2.24, 2.45) is 5.92 Å². The van der Waals surface area contributed by atoms with Gasteiger partial charge >= 0.3 is 0 Å². The third-order valence-corrected chi connectivity index (χ3v) is 5.24. The average Bonchev–Trinajstić information content (AvgIpc) is 2.99. The molecule has 7 heteroatoms. The molecule has 0 aromatic carbocycles. The number of nitrogens with zero attached hydrogens (tertiary/aromatic N) is 1. The first kappa shape index (κ1) is 16.5. The Bertz CT molecular complexity index is 502. The highest BCUT2D eigenvalue weighted by molar-refractivity contribution is 7.87. The summed E-state index contributed by atoms with van der Waals surface area (Å²) < 4.78 is 33.8. The molecule has 1 aromatic rings. The van der Waals surface area contributed by atoms with E-state index in [0.717, 1.165) is 37.9 Å². The molecule has 2 rings (SSSR count). The van der Waals surface area contributed by atoms with Crippen molar-refractivity contribution in [3.8, 4) is 0 Å². The predicted octanol–water partition coefficient (Wildman–Crippen LogP) is 1.33. The predicted molar refractivity (Wildman–Crippen MR) is 81.9 cm³/mol. The lowest BCUT2D eigenvalue weighted by molar-refractivity contribution is 0.258. The van der Waals surface area contributed by atoms with E-state index in [4.69, 9.17) is 4.42 Å². The lowest BCUT2D eigenvalue weighted by Crippen LogP contribution is -2.47. The summed E-state index contributed by atoms with van der Waals surface area (Å²) in [7, 11) is -3.41. The highest BCUT2D eigenvalue weighted by atomic mass is 32.2. The first-order valence-corrected chi connectivity index (χ1v) is 9.02. The molecule has 1 unspecified atom stereocenters. The third kappa shape index (κ3) is 5.10. The minimum atomic E-state index is -3.41. The van der Waals surface area contributed by atoms with Gasteiger partial charge in [0.05, 0.1) is 12.5 Å². The maximum atomic E-state index is 12.3. The zero-order valence-electron chi connectivity index (χ0n) is 12.5. The summed E-state index contributed by atoms with van der Waals surface area (Å²) in [6.45, 7) is 5.48. The monoisotopic (exact) mass is 315 g/mol. The molecule has 0 bridgehead atoms. The standard InChI is InChI=1S/C14H25N3O3S/c1-2-6-15-9-13-4-3-7-17(11-13)21(18,19)16-10-14-5-8-20-12-14/h5,8,12-13,15-16H,2-4,6-7,9-11H2,1H3. The van der Waals surface area contributed by atoms with Gasteiger partial charge in [0.15, 0.2) is 0 Å². The molecule has 1 fully saturated rings. The van der Waals surface area contributed by atoms with Crippen molar-refractivity contribution >= 4 is 10.2 Å². The molecule has 1 aliphatic rings. The molecule has 0 spiro atoms. The van der Waals surface area contributed by atoms with Crippen LogP contribution in [0.2, 0.25) is 0 Å². The molecule has 0 radical (unpaired) electrons. The number of furan rings is 1. The third-order valence-electron chi connectivity index (χ3n) is 3.72. The Labute approximate surface area is 127 Å². The molecular formula is C14H25N3O3S. The fraction of sp³-hybridized carbons (Fsp3) is 0.714. The summed E-state index contributed by atoms with van der Waals surface area (Å²) in [6.07, 6.45) is 6.20. The Morgan fingerprint density at radius 2 is 2.33 bits per heavy atom. The zero-order valence-corrected chi connectivity index (χ0v) is 13.4. The smallest absolute Gasteiger partial charge is 0.279 e. The molecule has 1 aromatic heterocycles. The second-order valence-corrected chi connectivity index (χ2v) is 7.28. The van der Waals surface area contributed by atoms with Crippen LogP contribution < -0.4 is 10.0 Å². The number of hydrogen-bond acceptors (Lipinski definition) is 4. The van der Waals surface area contributed by atoms with Crippen molar-refractivity contribution in [3.05, 3.63) is 24.2 Å². The van der Waals surface area contributed by atoms with Gasteiger partial charge in [0.1, 0.15) is 0 Å². The maximum Gasteiger partial charge on any atom is 0.279 e. The Hall–Kier alpha value is -0.890. The molecule has 2 heterocycles. The summed E-state index contributed by atoms with van der Waals surface area (Å²) in [5, 5.41) is 3.38. The molecule has 21 heavy (non-hydrogen) atoms. The SMILES string of the molecule is CCCNCC1CCCN(S(=O)(=O)NCc2ccoc2)C1. The highest BCUT2D eigenvalue weighted by Gasteiger charge is 2.28. The zero-order chi connectivity index (χ0) is 15.1. The largest absolute Gasteiger partial charge is 0.472 e. The Balaban J connectivity index is 1.83. The summed E-state index contributed by atoms with van der Waals surface area (Å²) in [6, 6.07) is 1.76. The first-order valence-electron chi connectivity index (χ1n) is 7.58. The van der Waals surface area contributed by atoms with Gasteiger partial charge in [-0.25, -0.2) is 0 Å². The van der Waals surface area contributed by atoms with E-state index < -0.39 is 10.2 Å². The topological polar surface area (TPSA) is 74.6 Å². The van der Waals surface area contributed by atoms with Crippen LogP contribution in [0.4, 0.5) is 0 Å². The molecule has 0 saturated carbocycles. The Morgan fingerprint density at radius 3 is 3.05 bits per heavy atom. The van der Waals surface area contributed by atoms with Crippen molar-refractivity contribution in [2.75, 3.05) is 26.2 Å². The van der Waals surface area contributed by atoms with Crippen molar-refractivity contribution in [1.82, 2.24) is 14.3 Å². The second-order valence-electron chi connectivity index (χ2n) is 5.53. The molecule has 6 nitrogen and oxygen atoms in total. The number of hydrogen-bond donors (Lipinski definition) is 2. The van der Waals surface area contributed by atoms with Crippen molar-refractivity contribution in [2.45, 2.75) is 32.7 Å². The van der Waals surface area contributed by atoms with Crippen LogP contribution in [0.5, 0.6) is 0 Å². The van der Waals surface area contributed by atoms with Crippen LogP contribution in [0.25, 0.3) is 0 Å². The summed E-state index contributed by atoms with van der Waals surface area (Å²) in [5.41, 5.74) is 0.830.